The lowest BCUT2D eigenvalue weighted by Crippen LogP contribution is -2.10. The van der Waals surface area contributed by atoms with Gasteiger partial charge in [0.1, 0.15) is 0 Å². The van der Waals surface area contributed by atoms with Gasteiger partial charge in [-0.25, -0.2) is 0 Å². The minimum absolute atomic E-state index is 0.700. The van der Waals surface area contributed by atoms with Gasteiger partial charge >= 0.3 is 0 Å². The van der Waals surface area contributed by atoms with Gasteiger partial charge in [0, 0.05) is 11.9 Å². The van der Waals surface area contributed by atoms with Crippen LogP contribution in [0.15, 0.2) is 0 Å². The first-order valence-electron chi connectivity index (χ1n) is 5.98. The molecule has 0 aromatic heterocycles. The molecule has 0 aliphatic rings. The van der Waals surface area contributed by atoms with Gasteiger partial charge in [0.15, 0.2) is 0 Å². The van der Waals surface area contributed by atoms with E-state index in [0.717, 1.165) is 18.5 Å². The third-order valence-electron chi connectivity index (χ3n) is 2.54. The van der Waals surface area contributed by atoms with Gasteiger partial charge in [0.25, 0.3) is 0 Å². The fourth-order valence-corrected chi connectivity index (χ4v) is 1.97. The van der Waals surface area contributed by atoms with E-state index >= 15 is 0 Å². The van der Waals surface area contributed by atoms with Gasteiger partial charge in [-0.15, -0.1) is 0 Å². The molecule has 14 heavy (non-hydrogen) atoms. The molecule has 0 saturated carbocycles. The molecule has 1 nitrogen and oxygen atoms in total. The SMILES string of the molecule is CCCCCCCOCC(CC)CBr. The highest BCUT2D eigenvalue weighted by Gasteiger charge is 2.03. The van der Waals surface area contributed by atoms with Crippen molar-refractivity contribution in [2.75, 3.05) is 18.5 Å². The quantitative estimate of drug-likeness (QED) is 0.420. The molecule has 0 saturated heterocycles. The van der Waals surface area contributed by atoms with Crippen molar-refractivity contribution >= 4 is 15.9 Å². The van der Waals surface area contributed by atoms with Gasteiger partial charge in [-0.3, -0.25) is 0 Å². The average Bonchev–Trinajstić information content (AvgIpc) is 2.22. The highest BCUT2D eigenvalue weighted by Crippen LogP contribution is 2.08. The Bertz CT molecular complexity index is 102. The molecule has 0 aliphatic carbocycles. The second-order valence-corrected chi connectivity index (χ2v) is 4.57. The standard InChI is InChI=1S/C12H25BrO/c1-3-5-6-7-8-9-14-11-12(4-2)10-13/h12H,3-11H2,1-2H3. The van der Waals surface area contributed by atoms with Crippen molar-refractivity contribution in [1.82, 2.24) is 0 Å². The van der Waals surface area contributed by atoms with Crippen molar-refractivity contribution in [1.29, 1.82) is 0 Å². The molecule has 0 bridgehead atoms. The van der Waals surface area contributed by atoms with Crippen LogP contribution in [0.3, 0.4) is 0 Å². The van der Waals surface area contributed by atoms with Crippen LogP contribution in [0.5, 0.6) is 0 Å². The Morgan fingerprint density at radius 3 is 2.36 bits per heavy atom. The average molecular weight is 265 g/mol. The van der Waals surface area contributed by atoms with E-state index in [0.29, 0.717) is 5.92 Å². The molecule has 1 unspecified atom stereocenters. The normalized spacial score (nSPS) is 13.1. The van der Waals surface area contributed by atoms with Gasteiger partial charge < -0.3 is 4.74 Å². The van der Waals surface area contributed by atoms with Crippen molar-refractivity contribution in [2.24, 2.45) is 5.92 Å². The third-order valence-corrected chi connectivity index (χ3v) is 3.46. The van der Waals surface area contributed by atoms with Crippen LogP contribution >= 0.6 is 15.9 Å². The van der Waals surface area contributed by atoms with Crippen LogP contribution in [0.2, 0.25) is 0 Å². The second kappa shape index (κ2) is 11.5. The number of ether oxygens (including phenoxy) is 1. The van der Waals surface area contributed by atoms with Crippen molar-refractivity contribution in [2.45, 2.75) is 52.4 Å². The molecule has 0 rings (SSSR count). The molecule has 0 N–H and O–H groups in total. The largest absolute Gasteiger partial charge is 0.381 e. The number of halogens is 1. The maximum Gasteiger partial charge on any atom is 0.0502 e. The van der Waals surface area contributed by atoms with Gasteiger partial charge in [0.2, 0.25) is 0 Å². The van der Waals surface area contributed by atoms with E-state index in [9.17, 15) is 0 Å². The number of alkyl halides is 1. The summed E-state index contributed by atoms with van der Waals surface area (Å²) >= 11 is 3.50. The summed E-state index contributed by atoms with van der Waals surface area (Å²) in [6.45, 7) is 6.34. The summed E-state index contributed by atoms with van der Waals surface area (Å²) in [5.41, 5.74) is 0. The summed E-state index contributed by atoms with van der Waals surface area (Å²) < 4.78 is 5.63. The first-order valence-corrected chi connectivity index (χ1v) is 7.11. The lowest BCUT2D eigenvalue weighted by atomic mass is 10.1. The fraction of sp³-hybridized carbons (Fsp3) is 1.00. The Kier molecular flexibility index (Phi) is 11.9. The maximum absolute atomic E-state index is 5.63. The molecule has 2 heteroatoms. The zero-order valence-corrected chi connectivity index (χ0v) is 11.3. The van der Waals surface area contributed by atoms with Crippen LogP contribution in [0, 0.1) is 5.92 Å². The van der Waals surface area contributed by atoms with Crippen LogP contribution in [-0.2, 0) is 4.74 Å². The topological polar surface area (TPSA) is 9.23 Å². The molecule has 86 valence electrons. The molecular weight excluding hydrogens is 240 g/mol. The molecular formula is C12H25BrO. The number of unbranched alkanes of at least 4 members (excludes halogenated alkanes) is 4. The van der Waals surface area contributed by atoms with E-state index in [1.807, 2.05) is 0 Å². The Morgan fingerprint density at radius 1 is 1.07 bits per heavy atom. The highest BCUT2D eigenvalue weighted by atomic mass is 79.9. The maximum atomic E-state index is 5.63. The Morgan fingerprint density at radius 2 is 1.79 bits per heavy atom. The van der Waals surface area contributed by atoms with E-state index < -0.39 is 0 Å². The summed E-state index contributed by atoms with van der Waals surface area (Å²) in [5.74, 6) is 0.700. The Balaban J connectivity index is 3.04. The number of rotatable bonds is 10. The molecule has 0 spiro atoms. The first kappa shape index (κ1) is 14.4. The van der Waals surface area contributed by atoms with Gasteiger partial charge in [-0.05, 0) is 12.3 Å². The molecule has 0 radical (unpaired) electrons. The predicted octanol–water partition coefficient (Wildman–Crippen LogP) is 4.39. The van der Waals surface area contributed by atoms with Crippen molar-refractivity contribution in [3.63, 3.8) is 0 Å². The monoisotopic (exact) mass is 264 g/mol. The van der Waals surface area contributed by atoms with Crippen molar-refractivity contribution in [3.8, 4) is 0 Å². The minimum atomic E-state index is 0.700. The second-order valence-electron chi connectivity index (χ2n) is 3.92. The van der Waals surface area contributed by atoms with Crippen LogP contribution in [0.25, 0.3) is 0 Å². The van der Waals surface area contributed by atoms with E-state index in [-0.39, 0.29) is 0 Å². The number of hydrogen-bond donors (Lipinski definition) is 0. The van der Waals surface area contributed by atoms with Crippen molar-refractivity contribution in [3.05, 3.63) is 0 Å². The van der Waals surface area contributed by atoms with Gasteiger partial charge in [-0.2, -0.15) is 0 Å². The summed E-state index contributed by atoms with van der Waals surface area (Å²) in [5, 5.41) is 1.07. The first-order chi connectivity index (χ1) is 6.85. The summed E-state index contributed by atoms with van der Waals surface area (Å²) in [6, 6.07) is 0. The zero-order chi connectivity index (χ0) is 10.6. The lowest BCUT2D eigenvalue weighted by Gasteiger charge is -2.11. The molecule has 0 amide bonds. The third kappa shape index (κ3) is 9.01. The Labute approximate surface area is 97.7 Å². The molecule has 0 heterocycles. The molecule has 0 aromatic rings. The zero-order valence-electron chi connectivity index (χ0n) is 9.73. The van der Waals surface area contributed by atoms with Crippen molar-refractivity contribution < 1.29 is 4.74 Å². The van der Waals surface area contributed by atoms with Gasteiger partial charge in [-0.1, -0.05) is 61.9 Å². The number of hydrogen-bond acceptors (Lipinski definition) is 1. The summed E-state index contributed by atoms with van der Waals surface area (Å²) in [4.78, 5) is 0. The predicted molar refractivity (Wildman–Crippen MR) is 67.2 cm³/mol. The minimum Gasteiger partial charge on any atom is -0.381 e. The van der Waals surface area contributed by atoms with Crippen LogP contribution in [-0.4, -0.2) is 18.5 Å². The van der Waals surface area contributed by atoms with E-state index in [4.69, 9.17) is 4.74 Å². The smallest absolute Gasteiger partial charge is 0.0502 e. The van der Waals surface area contributed by atoms with E-state index in [2.05, 4.69) is 29.8 Å². The molecule has 0 fully saturated rings. The van der Waals surface area contributed by atoms with Gasteiger partial charge in [0.05, 0.1) is 6.61 Å². The lowest BCUT2D eigenvalue weighted by molar-refractivity contribution is 0.102. The van der Waals surface area contributed by atoms with Crippen LogP contribution in [0.4, 0.5) is 0 Å². The van der Waals surface area contributed by atoms with E-state index in [1.165, 1.54) is 38.5 Å². The fourth-order valence-electron chi connectivity index (χ4n) is 1.33. The molecule has 0 aromatic carbocycles. The summed E-state index contributed by atoms with van der Waals surface area (Å²) in [6.07, 6.45) is 7.84. The van der Waals surface area contributed by atoms with Crippen LogP contribution in [0.1, 0.15) is 52.4 Å². The summed E-state index contributed by atoms with van der Waals surface area (Å²) in [7, 11) is 0. The highest BCUT2D eigenvalue weighted by molar-refractivity contribution is 9.09. The van der Waals surface area contributed by atoms with Crippen LogP contribution < -0.4 is 0 Å². The Hall–Kier alpha value is 0.440. The van der Waals surface area contributed by atoms with E-state index in [1.54, 1.807) is 0 Å². The molecule has 0 aliphatic heterocycles. The molecule has 1 atom stereocenters.